The summed E-state index contributed by atoms with van der Waals surface area (Å²) in [5.74, 6) is 0.0969. The first-order chi connectivity index (χ1) is 10.2. The van der Waals surface area contributed by atoms with Crippen LogP contribution in [0.5, 0.6) is 0 Å². The summed E-state index contributed by atoms with van der Waals surface area (Å²) in [6.45, 7) is 9.29. The van der Waals surface area contributed by atoms with Gasteiger partial charge in [0.15, 0.2) is 0 Å². The van der Waals surface area contributed by atoms with E-state index in [1.807, 2.05) is 22.7 Å². The number of hydrogen-bond donors (Lipinski definition) is 0. The van der Waals surface area contributed by atoms with E-state index in [2.05, 4.69) is 18.9 Å². The molecule has 0 bridgehead atoms. The van der Waals surface area contributed by atoms with Crippen LogP contribution in [0.4, 0.5) is 0 Å². The van der Waals surface area contributed by atoms with Crippen molar-refractivity contribution < 1.29 is 9.53 Å². The van der Waals surface area contributed by atoms with Crippen LogP contribution in [0.15, 0.2) is 6.20 Å². The topological polar surface area (TPSA) is 47.4 Å². The van der Waals surface area contributed by atoms with Gasteiger partial charge in [-0.1, -0.05) is 13.8 Å². The number of aryl methyl sites for hydroxylation is 2. The summed E-state index contributed by atoms with van der Waals surface area (Å²) in [6, 6.07) is 0. The molecule has 118 valence electrons. The van der Waals surface area contributed by atoms with Crippen LogP contribution < -0.4 is 0 Å². The summed E-state index contributed by atoms with van der Waals surface area (Å²) < 4.78 is 7.68. The fourth-order valence-electron chi connectivity index (χ4n) is 2.79. The first-order valence-electron chi connectivity index (χ1n) is 8.10. The number of likely N-dealkylation sites (tertiary alicyclic amines) is 1. The van der Waals surface area contributed by atoms with Gasteiger partial charge in [0, 0.05) is 32.4 Å². The number of carbonyl (C=O) groups is 1. The summed E-state index contributed by atoms with van der Waals surface area (Å²) in [4.78, 5) is 14.6. The van der Waals surface area contributed by atoms with Gasteiger partial charge in [0.2, 0.25) is 0 Å². The van der Waals surface area contributed by atoms with Crippen LogP contribution in [0.2, 0.25) is 0 Å². The standard InChI is InChI=1S/C16H27N3O2/c1-4-8-19-12-15(13(3)17-19)16(20)18-9-6-7-14(11-18)21-10-5-2/h12,14H,4-11H2,1-3H3/t14-/m1/s1. The monoisotopic (exact) mass is 293 g/mol. The van der Waals surface area contributed by atoms with Crippen LogP contribution in [0.3, 0.4) is 0 Å². The average Bonchev–Trinajstić information content (AvgIpc) is 2.86. The van der Waals surface area contributed by atoms with Crippen molar-refractivity contribution in [1.82, 2.24) is 14.7 Å². The molecule has 1 amide bonds. The molecule has 5 heteroatoms. The molecule has 1 fully saturated rings. The van der Waals surface area contributed by atoms with Crippen LogP contribution >= 0.6 is 0 Å². The summed E-state index contributed by atoms with van der Waals surface area (Å²) in [7, 11) is 0. The van der Waals surface area contributed by atoms with Crippen molar-refractivity contribution in [2.45, 2.75) is 59.1 Å². The molecule has 0 aromatic carbocycles. The Morgan fingerprint density at radius 1 is 1.43 bits per heavy atom. The fraction of sp³-hybridized carbons (Fsp3) is 0.750. The molecule has 0 spiro atoms. The van der Waals surface area contributed by atoms with Gasteiger partial charge in [0.05, 0.1) is 17.4 Å². The largest absolute Gasteiger partial charge is 0.376 e. The van der Waals surface area contributed by atoms with Gasteiger partial charge >= 0.3 is 0 Å². The second-order valence-electron chi connectivity index (χ2n) is 5.78. The van der Waals surface area contributed by atoms with Crippen molar-refractivity contribution in [2.75, 3.05) is 19.7 Å². The van der Waals surface area contributed by atoms with E-state index < -0.39 is 0 Å². The summed E-state index contributed by atoms with van der Waals surface area (Å²) in [6.07, 6.45) is 6.19. The molecule has 0 radical (unpaired) electrons. The van der Waals surface area contributed by atoms with Crippen molar-refractivity contribution in [3.63, 3.8) is 0 Å². The molecule has 2 rings (SSSR count). The lowest BCUT2D eigenvalue weighted by molar-refractivity contribution is 0.00208. The SMILES string of the molecule is CCCO[C@@H]1CCCN(C(=O)c2cn(CCC)nc2C)C1. The molecule has 1 atom stereocenters. The second-order valence-corrected chi connectivity index (χ2v) is 5.78. The Balaban J connectivity index is 2.01. The van der Waals surface area contributed by atoms with E-state index in [4.69, 9.17) is 4.74 Å². The maximum absolute atomic E-state index is 12.7. The highest BCUT2D eigenvalue weighted by Crippen LogP contribution is 2.18. The third-order valence-electron chi connectivity index (χ3n) is 3.85. The molecule has 0 aliphatic carbocycles. The maximum atomic E-state index is 12.7. The second kappa shape index (κ2) is 7.59. The predicted octanol–water partition coefficient (Wildman–Crippen LogP) is 2.63. The summed E-state index contributed by atoms with van der Waals surface area (Å²) >= 11 is 0. The molecule has 0 unspecified atom stereocenters. The van der Waals surface area contributed by atoms with E-state index in [1.54, 1.807) is 0 Å². The number of nitrogens with zero attached hydrogens (tertiary/aromatic N) is 3. The summed E-state index contributed by atoms with van der Waals surface area (Å²) in [5, 5.41) is 4.42. The van der Waals surface area contributed by atoms with Crippen LogP contribution in [0.1, 0.15) is 55.6 Å². The molecule has 5 nitrogen and oxygen atoms in total. The highest BCUT2D eigenvalue weighted by Gasteiger charge is 2.26. The summed E-state index contributed by atoms with van der Waals surface area (Å²) in [5.41, 5.74) is 1.56. The third-order valence-corrected chi connectivity index (χ3v) is 3.85. The van der Waals surface area contributed by atoms with Crippen LogP contribution in [0.25, 0.3) is 0 Å². The minimum atomic E-state index is 0.0969. The Kier molecular flexibility index (Phi) is 5.79. The number of amides is 1. The fourth-order valence-corrected chi connectivity index (χ4v) is 2.79. The zero-order valence-electron chi connectivity index (χ0n) is 13.5. The number of ether oxygens (including phenoxy) is 1. The van der Waals surface area contributed by atoms with Gasteiger partial charge in [0.1, 0.15) is 0 Å². The number of piperidine rings is 1. The molecular weight excluding hydrogens is 266 g/mol. The Morgan fingerprint density at radius 2 is 2.24 bits per heavy atom. The molecule has 1 aliphatic heterocycles. The lowest BCUT2D eigenvalue weighted by Crippen LogP contribution is -2.43. The van der Waals surface area contributed by atoms with Crippen molar-refractivity contribution in [3.05, 3.63) is 17.5 Å². The molecule has 1 saturated heterocycles. The number of rotatable bonds is 6. The lowest BCUT2D eigenvalue weighted by Gasteiger charge is -2.32. The molecule has 2 heterocycles. The van der Waals surface area contributed by atoms with Gasteiger partial charge in [-0.05, 0) is 32.6 Å². The zero-order valence-corrected chi connectivity index (χ0v) is 13.5. The van der Waals surface area contributed by atoms with Crippen LogP contribution in [-0.2, 0) is 11.3 Å². The average molecular weight is 293 g/mol. The molecular formula is C16H27N3O2. The predicted molar refractivity (Wildman–Crippen MR) is 82.4 cm³/mol. The van der Waals surface area contributed by atoms with Gasteiger partial charge in [0.25, 0.3) is 5.91 Å². The molecule has 21 heavy (non-hydrogen) atoms. The minimum Gasteiger partial charge on any atom is -0.376 e. The lowest BCUT2D eigenvalue weighted by atomic mass is 10.1. The van der Waals surface area contributed by atoms with Gasteiger partial charge in [-0.25, -0.2) is 0 Å². The molecule has 1 aromatic heterocycles. The first-order valence-corrected chi connectivity index (χ1v) is 8.10. The number of carbonyl (C=O) groups excluding carboxylic acids is 1. The Bertz CT molecular complexity index is 470. The third kappa shape index (κ3) is 4.06. The van der Waals surface area contributed by atoms with Crippen molar-refractivity contribution in [3.8, 4) is 0 Å². The molecule has 1 aromatic rings. The molecule has 1 aliphatic rings. The van der Waals surface area contributed by atoms with E-state index in [0.29, 0.717) is 6.54 Å². The van der Waals surface area contributed by atoms with Gasteiger partial charge in [-0.2, -0.15) is 5.10 Å². The van der Waals surface area contributed by atoms with Crippen molar-refractivity contribution >= 4 is 5.91 Å². The van der Waals surface area contributed by atoms with Crippen LogP contribution in [0, 0.1) is 6.92 Å². The van der Waals surface area contributed by atoms with E-state index >= 15 is 0 Å². The highest BCUT2D eigenvalue weighted by molar-refractivity contribution is 5.95. The van der Waals surface area contributed by atoms with E-state index in [0.717, 1.165) is 56.6 Å². The smallest absolute Gasteiger partial charge is 0.257 e. The van der Waals surface area contributed by atoms with E-state index in [1.165, 1.54) is 0 Å². The molecule has 0 saturated carbocycles. The van der Waals surface area contributed by atoms with E-state index in [-0.39, 0.29) is 12.0 Å². The first kappa shape index (κ1) is 16.0. The quantitative estimate of drug-likeness (QED) is 0.810. The normalized spacial score (nSPS) is 19.0. The Hall–Kier alpha value is -1.36. The highest BCUT2D eigenvalue weighted by atomic mass is 16.5. The Morgan fingerprint density at radius 3 is 2.95 bits per heavy atom. The Labute approximate surface area is 127 Å². The van der Waals surface area contributed by atoms with E-state index in [9.17, 15) is 4.79 Å². The minimum absolute atomic E-state index is 0.0969. The van der Waals surface area contributed by atoms with Crippen molar-refractivity contribution in [2.24, 2.45) is 0 Å². The molecule has 0 N–H and O–H groups in total. The maximum Gasteiger partial charge on any atom is 0.257 e. The van der Waals surface area contributed by atoms with Gasteiger partial charge in [-0.3, -0.25) is 9.48 Å². The van der Waals surface area contributed by atoms with Crippen molar-refractivity contribution in [1.29, 1.82) is 0 Å². The van der Waals surface area contributed by atoms with Gasteiger partial charge in [-0.15, -0.1) is 0 Å². The zero-order chi connectivity index (χ0) is 15.2. The van der Waals surface area contributed by atoms with Gasteiger partial charge < -0.3 is 9.64 Å². The number of hydrogen-bond acceptors (Lipinski definition) is 3. The number of aromatic nitrogens is 2. The van der Waals surface area contributed by atoms with Crippen LogP contribution in [-0.4, -0.2) is 46.4 Å².